The SMILES string of the molecule is CC[C@@H](C)NC(=O)[C@@H](CC)N(Cc1ccc(Cl)c(Cl)c1)C(=O)CN(c1cc(C)ccc1C)S(C)(=O)=O. The Kier molecular flexibility index (Phi) is 10.6. The Hall–Kier alpha value is -2.29. The summed E-state index contributed by atoms with van der Waals surface area (Å²) in [7, 11) is -3.80. The second-order valence-corrected chi connectivity index (χ2v) is 11.8. The molecule has 7 nitrogen and oxygen atoms in total. The lowest BCUT2D eigenvalue weighted by molar-refractivity contribution is -0.140. The number of benzene rings is 2. The third-order valence-corrected chi connectivity index (χ3v) is 7.90. The molecule has 2 rings (SSSR count). The summed E-state index contributed by atoms with van der Waals surface area (Å²) < 4.78 is 26.7. The zero-order valence-electron chi connectivity index (χ0n) is 21.6. The third kappa shape index (κ3) is 7.85. The van der Waals surface area contributed by atoms with Crippen molar-refractivity contribution in [3.63, 3.8) is 0 Å². The maximum absolute atomic E-state index is 13.8. The number of carbonyl (C=O) groups is 2. The van der Waals surface area contributed by atoms with Crippen molar-refractivity contribution >= 4 is 50.7 Å². The minimum atomic E-state index is -3.80. The quantitative estimate of drug-likeness (QED) is 0.418. The predicted molar refractivity (Wildman–Crippen MR) is 147 cm³/mol. The van der Waals surface area contributed by atoms with Crippen molar-refractivity contribution in [2.45, 2.75) is 66.1 Å². The van der Waals surface area contributed by atoms with E-state index in [2.05, 4.69) is 5.32 Å². The fourth-order valence-electron chi connectivity index (χ4n) is 3.78. The van der Waals surface area contributed by atoms with Crippen LogP contribution in [0.5, 0.6) is 0 Å². The second kappa shape index (κ2) is 12.8. The molecule has 10 heteroatoms. The summed E-state index contributed by atoms with van der Waals surface area (Å²) >= 11 is 12.3. The first kappa shape index (κ1) is 29.9. The van der Waals surface area contributed by atoms with E-state index in [0.29, 0.717) is 27.7 Å². The van der Waals surface area contributed by atoms with E-state index < -0.39 is 28.5 Å². The van der Waals surface area contributed by atoms with Gasteiger partial charge in [0.05, 0.1) is 22.0 Å². The highest BCUT2D eigenvalue weighted by Crippen LogP contribution is 2.26. The van der Waals surface area contributed by atoms with E-state index in [1.807, 2.05) is 39.8 Å². The van der Waals surface area contributed by atoms with Crippen LogP contribution in [-0.4, -0.2) is 50.0 Å². The van der Waals surface area contributed by atoms with Crippen molar-refractivity contribution < 1.29 is 18.0 Å². The fraction of sp³-hybridized carbons (Fsp3) is 0.462. The average Bonchev–Trinajstić information content (AvgIpc) is 2.80. The summed E-state index contributed by atoms with van der Waals surface area (Å²) in [6.07, 6.45) is 2.15. The number of hydrogen-bond acceptors (Lipinski definition) is 4. The minimum absolute atomic E-state index is 0.0621. The van der Waals surface area contributed by atoms with Crippen LogP contribution in [-0.2, 0) is 26.2 Å². The first-order valence-corrected chi connectivity index (χ1v) is 14.5. The average molecular weight is 557 g/mol. The number of aryl methyl sites for hydroxylation is 2. The van der Waals surface area contributed by atoms with Gasteiger partial charge in [-0.15, -0.1) is 0 Å². The molecule has 0 aliphatic heterocycles. The Morgan fingerprint density at radius 2 is 1.67 bits per heavy atom. The molecule has 2 aromatic carbocycles. The lowest BCUT2D eigenvalue weighted by Crippen LogP contribution is -2.53. The Labute approximate surface area is 224 Å². The topological polar surface area (TPSA) is 86.8 Å². The lowest BCUT2D eigenvalue weighted by Gasteiger charge is -2.33. The van der Waals surface area contributed by atoms with Gasteiger partial charge in [-0.25, -0.2) is 8.42 Å². The Morgan fingerprint density at radius 1 is 1.00 bits per heavy atom. The maximum Gasteiger partial charge on any atom is 0.244 e. The number of carbonyl (C=O) groups excluding carboxylic acids is 2. The maximum atomic E-state index is 13.8. The van der Waals surface area contributed by atoms with Crippen LogP contribution < -0.4 is 9.62 Å². The molecule has 0 aromatic heterocycles. The number of rotatable bonds is 11. The van der Waals surface area contributed by atoms with E-state index in [1.54, 1.807) is 31.2 Å². The van der Waals surface area contributed by atoms with Crippen LogP contribution in [0.2, 0.25) is 10.0 Å². The van der Waals surface area contributed by atoms with E-state index in [-0.39, 0.29) is 18.5 Å². The highest BCUT2D eigenvalue weighted by Gasteiger charge is 2.32. The van der Waals surface area contributed by atoms with E-state index in [9.17, 15) is 18.0 Å². The standard InChI is InChI=1S/C26H35Cl2N3O4S/c1-7-19(5)29-26(33)23(8-2)30(15-20-11-12-21(27)22(28)14-20)25(32)16-31(36(6,34)35)24-13-17(3)9-10-18(24)4/h9-14,19,23H,7-8,15-16H2,1-6H3,(H,29,33)/t19-,23-/m1/s1. The first-order chi connectivity index (χ1) is 16.8. The molecule has 0 aliphatic rings. The third-order valence-electron chi connectivity index (χ3n) is 6.04. The van der Waals surface area contributed by atoms with Gasteiger partial charge in [0.1, 0.15) is 12.6 Å². The molecular formula is C26H35Cl2N3O4S. The Balaban J connectivity index is 2.51. The van der Waals surface area contributed by atoms with Crippen LogP contribution in [0.25, 0.3) is 0 Å². The van der Waals surface area contributed by atoms with Gasteiger partial charge in [0.25, 0.3) is 0 Å². The summed E-state index contributed by atoms with van der Waals surface area (Å²) in [5.74, 6) is -0.795. The van der Waals surface area contributed by atoms with Crippen molar-refractivity contribution in [1.82, 2.24) is 10.2 Å². The zero-order chi connectivity index (χ0) is 27.2. The molecule has 2 aromatic rings. The summed E-state index contributed by atoms with van der Waals surface area (Å²) in [6.45, 7) is 8.92. The fourth-order valence-corrected chi connectivity index (χ4v) is 5.00. The van der Waals surface area contributed by atoms with E-state index in [1.165, 1.54) is 4.90 Å². The van der Waals surface area contributed by atoms with Crippen LogP contribution in [0.1, 0.15) is 50.3 Å². The van der Waals surface area contributed by atoms with Gasteiger partial charge in [0.15, 0.2) is 0 Å². The van der Waals surface area contributed by atoms with Gasteiger partial charge in [-0.3, -0.25) is 13.9 Å². The number of anilines is 1. The highest BCUT2D eigenvalue weighted by molar-refractivity contribution is 7.92. The van der Waals surface area contributed by atoms with Gasteiger partial charge in [-0.2, -0.15) is 0 Å². The van der Waals surface area contributed by atoms with Gasteiger partial charge < -0.3 is 10.2 Å². The number of sulfonamides is 1. The Morgan fingerprint density at radius 3 is 2.22 bits per heavy atom. The largest absolute Gasteiger partial charge is 0.352 e. The van der Waals surface area contributed by atoms with Gasteiger partial charge in [0.2, 0.25) is 21.8 Å². The zero-order valence-corrected chi connectivity index (χ0v) is 24.0. The summed E-state index contributed by atoms with van der Waals surface area (Å²) in [5, 5.41) is 3.64. The van der Waals surface area contributed by atoms with E-state index in [0.717, 1.165) is 28.1 Å². The van der Waals surface area contributed by atoms with Gasteiger partial charge >= 0.3 is 0 Å². The molecule has 0 aliphatic carbocycles. The number of hydrogen-bond donors (Lipinski definition) is 1. The van der Waals surface area contributed by atoms with Crippen molar-refractivity contribution in [2.75, 3.05) is 17.1 Å². The first-order valence-electron chi connectivity index (χ1n) is 11.9. The van der Waals surface area contributed by atoms with E-state index >= 15 is 0 Å². The molecule has 0 saturated heterocycles. The molecule has 0 unspecified atom stereocenters. The summed E-state index contributed by atoms with van der Waals surface area (Å²) in [6, 6.07) is 9.55. The van der Waals surface area contributed by atoms with Crippen LogP contribution >= 0.6 is 23.2 Å². The van der Waals surface area contributed by atoms with Crippen molar-refractivity contribution in [1.29, 1.82) is 0 Å². The normalized spacial score (nSPS) is 13.1. The smallest absolute Gasteiger partial charge is 0.244 e. The molecule has 1 N–H and O–H groups in total. The number of halogens is 2. The molecular weight excluding hydrogens is 521 g/mol. The van der Waals surface area contributed by atoms with Gasteiger partial charge in [-0.1, -0.05) is 55.2 Å². The van der Waals surface area contributed by atoms with Gasteiger partial charge in [-0.05, 0) is 68.5 Å². The number of amides is 2. The Bertz CT molecular complexity index is 1200. The molecule has 0 fully saturated rings. The molecule has 198 valence electrons. The molecule has 36 heavy (non-hydrogen) atoms. The highest BCUT2D eigenvalue weighted by atomic mass is 35.5. The molecule has 2 amide bonds. The minimum Gasteiger partial charge on any atom is -0.352 e. The monoisotopic (exact) mass is 555 g/mol. The molecule has 0 heterocycles. The summed E-state index contributed by atoms with van der Waals surface area (Å²) in [5.41, 5.74) is 2.68. The molecule has 0 saturated carbocycles. The van der Waals surface area contributed by atoms with Crippen LogP contribution in [0.3, 0.4) is 0 Å². The van der Waals surface area contributed by atoms with Crippen molar-refractivity contribution in [3.05, 3.63) is 63.1 Å². The van der Waals surface area contributed by atoms with Crippen LogP contribution in [0.15, 0.2) is 36.4 Å². The number of nitrogens with one attached hydrogen (secondary N) is 1. The van der Waals surface area contributed by atoms with Crippen molar-refractivity contribution in [2.24, 2.45) is 0 Å². The van der Waals surface area contributed by atoms with E-state index in [4.69, 9.17) is 23.2 Å². The summed E-state index contributed by atoms with van der Waals surface area (Å²) in [4.78, 5) is 28.4. The molecule has 0 radical (unpaired) electrons. The van der Waals surface area contributed by atoms with Crippen LogP contribution in [0, 0.1) is 13.8 Å². The molecule has 0 bridgehead atoms. The second-order valence-electron chi connectivity index (χ2n) is 9.07. The number of nitrogens with zero attached hydrogens (tertiary/aromatic N) is 2. The van der Waals surface area contributed by atoms with Crippen molar-refractivity contribution in [3.8, 4) is 0 Å². The van der Waals surface area contributed by atoms with Crippen LogP contribution in [0.4, 0.5) is 5.69 Å². The predicted octanol–water partition coefficient (Wildman–Crippen LogP) is 5.10. The van der Waals surface area contributed by atoms with Gasteiger partial charge in [0, 0.05) is 12.6 Å². The molecule has 2 atom stereocenters. The lowest BCUT2D eigenvalue weighted by atomic mass is 10.1. The molecule has 0 spiro atoms.